The third-order valence-electron chi connectivity index (χ3n) is 1.84. The molecule has 3 nitrogen and oxygen atoms in total. The van der Waals surface area contributed by atoms with Crippen molar-refractivity contribution in [3.63, 3.8) is 0 Å². The Bertz CT molecular complexity index is 406. The first-order valence-electron chi connectivity index (χ1n) is 4.52. The van der Waals surface area contributed by atoms with E-state index in [2.05, 4.69) is 4.72 Å². The van der Waals surface area contributed by atoms with Gasteiger partial charge in [-0.3, -0.25) is 9.52 Å². The highest BCUT2D eigenvalue weighted by molar-refractivity contribution is 7.83. The van der Waals surface area contributed by atoms with Crippen LogP contribution in [0.2, 0.25) is 0 Å². The average molecular weight is 229 g/mol. The second-order valence-electron chi connectivity index (χ2n) is 3.05. The first-order valence-corrected chi connectivity index (χ1v) is 5.67. The monoisotopic (exact) mass is 229 g/mol. The molecule has 0 aromatic heterocycles. The smallest absolute Gasteiger partial charge is 0.228 e. The molecule has 0 saturated heterocycles. The molecule has 0 bridgehead atoms. The van der Waals surface area contributed by atoms with Gasteiger partial charge < -0.3 is 0 Å². The van der Waals surface area contributed by atoms with Gasteiger partial charge in [-0.15, -0.1) is 0 Å². The molecule has 5 heteroatoms. The van der Waals surface area contributed by atoms with Crippen molar-refractivity contribution in [3.8, 4) is 0 Å². The molecule has 0 aliphatic rings. The molecule has 1 aromatic rings. The summed E-state index contributed by atoms with van der Waals surface area (Å²) in [6.07, 6.45) is 0.712. The SMILES string of the molecule is CCc1ccc(S(=O)NC(C)=O)c(F)c1. The van der Waals surface area contributed by atoms with Crippen LogP contribution in [0.3, 0.4) is 0 Å². The fourth-order valence-electron chi connectivity index (χ4n) is 1.10. The lowest BCUT2D eigenvalue weighted by molar-refractivity contribution is -0.117. The van der Waals surface area contributed by atoms with Crippen LogP contribution in [0.15, 0.2) is 23.1 Å². The van der Waals surface area contributed by atoms with E-state index in [1.54, 1.807) is 6.07 Å². The van der Waals surface area contributed by atoms with Gasteiger partial charge in [-0.25, -0.2) is 8.60 Å². The lowest BCUT2D eigenvalue weighted by Crippen LogP contribution is -2.23. The highest BCUT2D eigenvalue weighted by Gasteiger charge is 2.11. The highest BCUT2D eigenvalue weighted by atomic mass is 32.2. The van der Waals surface area contributed by atoms with Crippen molar-refractivity contribution < 1.29 is 13.4 Å². The molecular weight excluding hydrogens is 217 g/mol. The summed E-state index contributed by atoms with van der Waals surface area (Å²) in [5, 5.41) is 0. The maximum Gasteiger partial charge on any atom is 0.228 e. The number of carbonyl (C=O) groups excluding carboxylic acids is 1. The Morgan fingerprint density at radius 1 is 1.53 bits per heavy atom. The fraction of sp³-hybridized carbons (Fsp3) is 0.300. The second kappa shape index (κ2) is 5.02. The number of hydrogen-bond donors (Lipinski definition) is 1. The summed E-state index contributed by atoms with van der Waals surface area (Å²) in [4.78, 5) is 10.6. The summed E-state index contributed by atoms with van der Waals surface area (Å²) < 4.78 is 26.9. The molecule has 82 valence electrons. The second-order valence-corrected chi connectivity index (χ2v) is 4.23. The quantitative estimate of drug-likeness (QED) is 0.854. The number of carbonyl (C=O) groups is 1. The number of hydrogen-bond acceptors (Lipinski definition) is 2. The number of nitrogens with one attached hydrogen (secondary N) is 1. The number of aryl methyl sites for hydroxylation is 1. The Morgan fingerprint density at radius 2 is 2.20 bits per heavy atom. The van der Waals surface area contributed by atoms with Gasteiger partial charge in [0.15, 0.2) is 11.0 Å². The lowest BCUT2D eigenvalue weighted by Gasteiger charge is -2.04. The van der Waals surface area contributed by atoms with Crippen LogP contribution in [-0.4, -0.2) is 10.1 Å². The Morgan fingerprint density at radius 3 is 2.67 bits per heavy atom. The van der Waals surface area contributed by atoms with E-state index in [-0.39, 0.29) is 4.90 Å². The number of amides is 1. The van der Waals surface area contributed by atoms with Crippen LogP contribution in [0, 0.1) is 5.82 Å². The van der Waals surface area contributed by atoms with Gasteiger partial charge in [-0.1, -0.05) is 13.0 Å². The first-order chi connectivity index (χ1) is 7.04. The lowest BCUT2D eigenvalue weighted by atomic mass is 10.2. The van der Waals surface area contributed by atoms with Crippen molar-refractivity contribution >= 4 is 16.9 Å². The first kappa shape index (κ1) is 11.8. The predicted molar refractivity (Wildman–Crippen MR) is 56.0 cm³/mol. The molecule has 15 heavy (non-hydrogen) atoms. The highest BCUT2D eigenvalue weighted by Crippen LogP contribution is 2.13. The van der Waals surface area contributed by atoms with Gasteiger partial charge in [0, 0.05) is 6.92 Å². The summed E-state index contributed by atoms with van der Waals surface area (Å²) in [6, 6.07) is 4.45. The molecule has 0 aliphatic heterocycles. The van der Waals surface area contributed by atoms with Crippen molar-refractivity contribution in [2.45, 2.75) is 25.2 Å². The van der Waals surface area contributed by atoms with Crippen molar-refractivity contribution in [1.29, 1.82) is 0 Å². The van der Waals surface area contributed by atoms with E-state index in [1.807, 2.05) is 6.92 Å². The fourth-order valence-corrected chi connectivity index (χ4v) is 1.90. The molecule has 1 unspecified atom stereocenters. The van der Waals surface area contributed by atoms with E-state index in [1.165, 1.54) is 19.1 Å². The van der Waals surface area contributed by atoms with Gasteiger partial charge in [-0.05, 0) is 24.1 Å². The van der Waals surface area contributed by atoms with Crippen LogP contribution in [0.25, 0.3) is 0 Å². The van der Waals surface area contributed by atoms with Crippen molar-refractivity contribution in [3.05, 3.63) is 29.6 Å². The Kier molecular flexibility index (Phi) is 3.96. The zero-order valence-corrected chi connectivity index (χ0v) is 9.36. The molecule has 0 fully saturated rings. The third-order valence-corrected chi connectivity index (χ3v) is 3.04. The molecule has 1 aromatic carbocycles. The molecule has 0 aliphatic carbocycles. The maximum absolute atomic E-state index is 13.4. The van der Waals surface area contributed by atoms with Crippen LogP contribution in [0.5, 0.6) is 0 Å². The number of benzene rings is 1. The van der Waals surface area contributed by atoms with Crippen molar-refractivity contribution in [2.24, 2.45) is 0 Å². The van der Waals surface area contributed by atoms with Gasteiger partial charge in [0.05, 0.1) is 4.90 Å². The summed E-state index contributed by atoms with van der Waals surface area (Å²) in [5.74, 6) is -1.01. The zero-order valence-electron chi connectivity index (χ0n) is 8.54. The maximum atomic E-state index is 13.4. The molecule has 1 N–H and O–H groups in total. The summed E-state index contributed by atoms with van der Waals surface area (Å²) in [7, 11) is -1.81. The Labute approximate surface area is 90.3 Å². The Hall–Kier alpha value is -1.23. The van der Waals surface area contributed by atoms with Crippen molar-refractivity contribution in [1.82, 2.24) is 4.72 Å². The largest absolute Gasteiger partial charge is 0.274 e. The predicted octanol–water partition coefficient (Wildman–Crippen LogP) is 1.55. The molecule has 0 radical (unpaired) electrons. The molecule has 0 heterocycles. The van der Waals surface area contributed by atoms with E-state index < -0.39 is 22.7 Å². The van der Waals surface area contributed by atoms with E-state index in [9.17, 15) is 13.4 Å². The van der Waals surface area contributed by atoms with E-state index in [4.69, 9.17) is 0 Å². The van der Waals surface area contributed by atoms with E-state index >= 15 is 0 Å². The van der Waals surface area contributed by atoms with Gasteiger partial charge in [0.2, 0.25) is 5.91 Å². The van der Waals surface area contributed by atoms with E-state index in [0.29, 0.717) is 6.42 Å². The van der Waals surface area contributed by atoms with E-state index in [0.717, 1.165) is 5.56 Å². The minimum Gasteiger partial charge on any atom is -0.274 e. The number of rotatable bonds is 3. The van der Waals surface area contributed by atoms with Crippen LogP contribution in [-0.2, 0) is 22.2 Å². The molecule has 0 saturated carbocycles. The zero-order chi connectivity index (χ0) is 11.4. The summed E-state index contributed by atoms with van der Waals surface area (Å²) in [5.41, 5.74) is 0.830. The average Bonchev–Trinajstić information content (AvgIpc) is 2.16. The van der Waals surface area contributed by atoms with Gasteiger partial charge in [0.1, 0.15) is 5.82 Å². The van der Waals surface area contributed by atoms with Crippen LogP contribution >= 0.6 is 0 Å². The molecule has 1 rings (SSSR count). The van der Waals surface area contributed by atoms with Crippen molar-refractivity contribution in [2.75, 3.05) is 0 Å². The van der Waals surface area contributed by atoms with Gasteiger partial charge in [-0.2, -0.15) is 0 Å². The summed E-state index contributed by atoms with van der Waals surface area (Å²) >= 11 is 0. The molecule has 0 spiro atoms. The summed E-state index contributed by atoms with van der Waals surface area (Å²) in [6.45, 7) is 3.13. The number of halogens is 1. The molecule has 1 amide bonds. The minimum atomic E-state index is -1.81. The standard InChI is InChI=1S/C10H12FNO2S/c1-3-8-4-5-10(9(11)6-8)15(14)12-7(2)13/h4-6H,3H2,1-2H3,(H,12,13). The molecule has 1 atom stereocenters. The normalized spacial score (nSPS) is 12.2. The van der Waals surface area contributed by atoms with Gasteiger partial charge in [0.25, 0.3) is 0 Å². The van der Waals surface area contributed by atoms with Crippen LogP contribution in [0.1, 0.15) is 19.4 Å². The topological polar surface area (TPSA) is 46.2 Å². The minimum absolute atomic E-state index is 0.00222. The molecular formula is C10H12FNO2S. The Balaban J connectivity index is 2.95. The van der Waals surface area contributed by atoms with Gasteiger partial charge >= 0.3 is 0 Å². The van der Waals surface area contributed by atoms with Crippen LogP contribution in [0.4, 0.5) is 4.39 Å². The third kappa shape index (κ3) is 3.13. The van der Waals surface area contributed by atoms with Crippen LogP contribution < -0.4 is 4.72 Å².